The number of ether oxygens (including phenoxy) is 1. The van der Waals surface area contributed by atoms with Crippen LogP contribution >= 0.6 is 0 Å². The molecule has 1 fully saturated rings. The average molecular weight is 319 g/mol. The molecule has 0 radical (unpaired) electrons. The van der Waals surface area contributed by atoms with Gasteiger partial charge in [0.2, 0.25) is 5.91 Å². The summed E-state index contributed by atoms with van der Waals surface area (Å²) >= 11 is 0. The molecule has 0 spiro atoms. The summed E-state index contributed by atoms with van der Waals surface area (Å²) < 4.78 is 6.64. The molecule has 23 heavy (non-hydrogen) atoms. The number of hydrogen-bond donors (Lipinski definition) is 0. The van der Waals surface area contributed by atoms with Crippen LogP contribution in [0.4, 0.5) is 4.79 Å². The van der Waals surface area contributed by atoms with Gasteiger partial charge in [0, 0.05) is 25.3 Å². The summed E-state index contributed by atoms with van der Waals surface area (Å²) in [7, 11) is 0. The number of carbonyl (C=O) groups excluding carboxylic acids is 2. The third-order valence-electron chi connectivity index (χ3n) is 3.76. The summed E-state index contributed by atoms with van der Waals surface area (Å²) in [5.41, 5.74) is 0.653. The Hall–Kier alpha value is -2.11. The van der Waals surface area contributed by atoms with Gasteiger partial charge < -0.3 is 9.64 Å². The van der Waals surface area contributed by atoms with Crippen molar-refractivity contribution in [3.63, 3.8) is 0 Å². The molecule has 6 heteroatoms. The molecule has 2 rings (SSSR count). The summed E-state index contributed by atoms with van der Waals surface area (Å²) in [5.74, 6) is -0.235. The number of piperidine rings is 1. The van der Waals surface area contributed by atoms with E-state index in [2.05, 4.69) is 4.99 Å². The van der Waals surface area contributed by atoms with E-state index in [1.165, 1.54) is 0 Å². The first-order valence-corrected chi connectivity index (χ1v) is 8.20. The minimum atomic E-state index is -0.338. The van der Waals surface area contributed by atoms with Gasteiger partial charge in [0.25, 0.3) is 0 Å². The number of pyridine rings is 1. The third-order valence-corrected chi connectivity index (χ3v) is 3.76. The Morgan fingerprint density at radius 2 is 2.17 bits per heavy atom. The lowest BCUT2D eigenvalue weighted by atomic mass is 9.97. The first kappa shape index (κ1) is 17.2. The largest absolute Gasteiger partial charge is 0.450 e. The van der Waals surface area contributed by atoms with Crippen LogP contribution in [0.25, 0.3) is 0 Å². The van der Waals surface area contributed by atoms with E-state index in [0.717, 1.165) is 12.8 Å². The molecule has 1 aliphatic rings. The topological polar surface area (TPSA) is 63.9 Å². The minimum absolute atomic E-state index is 0.0148. The maximum absolute atomic E-state index is 12.9. The number of aromatic nitrogens is 1. The summed E-state index contributed by atoms with van der Waals surface area (Å²) in [5, 5.41) is 0. The van der Waals surface area contributed by atoms with Gasteiger partial charge in [-0.05, 0) is 45.7 Å². The van der Waals surface area contributed by atoms with Gasteiger partial charge in [-0.3, -0.25) is 14.4 Å². The lowest BCUT2D eigenvalue weighted by molar-refractivity contribution is 0.0661. The van der Waals surface area contributed by atoms with Crippen LogP contribution in [-0.4, -0.2) is 47.2 Å². The Kier molecular flexibility index (Phi) is 5.96. The van der Waals surface area contributed by atoms with Gasteiger partial charge in [0.05, 0.1) is 12.5 Å². The minimum Gasteiger partial charge on any atom is -0.450 e. The Labute approximate surface area is 136 Å². The molecule has 1 aliphatic heterocycles. The second kappa shape index (κ2) is 7.94. The number of amides is 1. The van der Waals surface area contributed by atoms with E-state index in [0.29, 0.717) is 25.2 Å². The van der Waals surface area contributed by atoms with Crippen LogP contribution in [0.1, 0.15) is 38.4 Å². The van der Waals surface area contributed by atoms with E-state index in [1.807, 2.05) is 32.0 Å². The van der Waals surface area contributed by atoms with Crippen molar-refractivity contribution in [2.45, 2.75) is 39.7 Å². The fourth-order valence-corrected chi connectivity index (χ4v) is 2.75. The molecule has 1 aromatic heterocycles. The van der Waals surface area contributed by atoms with E-state index in [1.54, 1.807) is 22.6 Å². The van der Waals surface area contributed by atoms with E-state index in [9.17, 15) is 9.59 Å². The van der Waals surface area contributed by atoms with E-state index >= 15 is 0 Å². The van der Waals surface area contributed by atoms with Crippen molar-refractivity contribution in [3.8, 4) is 0 Å². The van der Waals surface area contributed by atoms with Crippen LogP contribution in [0.3, 0.4) is 0 Å². The predicted octanol–water partition coefficient (Wildman–Crippen LogP) is 2.31. The highest BCUT2D eigenvalue weighted by atomic mass is 16.6. The van der Waals surface area contributed by atoms with E-state index in [4.69, 9.17) is 4.74 Å². The van der Waals surface area contributed by atoms with E-state index < -0.39 is 0 Å². The van der Waals surface area contributed by atoms with Gasteiger partial charge in [-0.1, -0.05) is 6.07 Å². The van der Waals surface area contributed by atoms with Crippen molar-refractivity contribution < 1.29 is 14.3 Å². The zero-order valence-corrected chi connectivity index (χ0v) is 14.1. The van der Waals surface area contributed by atoms with Gasteiger partial charge in [-0.2, -0.15) is 0 Å². The lowest BCUT2D eigenvalue weighted by Crippen LogP contribution is -2.45. The first-order valence-electron chi connectivity index (χ1n) is 8.20. The summed E-state index contributed by atoms with van der Waals surface area (Å²) in [4.78, 5) is 30.9. The SMILES string of the molecule is CCOC(=O)N1CCCC(C(=O)n2ccccc2=NC(C)C)C1. The normalized spacial score (nSPS) is 19.0. The molecule has 1 amide bonds. The maximum atomic E-state index is 12.9. The number of nitrogens with zero attached hydrogens (tertiary/aromatic N) is 3. The monoisotopic (exact) mass is 319 g/mol. The molecular weight excluding hydrogens is 294 g/mol. The highest BCUT2D eigenvalue weighted by molar-refractivity contribution is 5.82. The van der Waals surface area contributed by atoms with Crippen molar-refractivity contribution in [2.75, 3.05) is 19.7 Å². The van der Waals surface area contributed by atoms with Gasteiger partial charge in [0.15, 0.2) is 0 Å². The lowest BCUT2D eigenvalue weighted by Gasteiger charge is -2.31. The summed E-state index contributed by atoms with van der Waals surface area (Å²) in [6.45, 7) is 7.13. The van der Waals surface area contributed by atoms with E-state index in [-0.39, 0.29) is 24.0 Å². The number of likely N-dealkylation sites (tertiary alicyclic amines) is 1. The first-order chi connectivity index (χ1) is 11.0. The number of hydrogen-bond acceptors (Lipinski definition) is 4. The average Bonchev–Trinajstić information content (AvgIpc) is 2.54. The highest BCUT2D eigenvalue weighted by Gasteiger charge is 2.29. The van der Waals surface area contributed by atoms with Crippen molar-refractivity contribution in [1.29, 1.82) is 0 Å². The number of rotatable bonds is 3. The smallest absolute Gasteiger partial charge is 0.409 e. The molecule has 1 aromatic rings. The second-order valence-corrected chi connectivity index (χ2v) is 5.97. The molecule has 0 saturated carbocycles. The number of carbonyl (C=O) groups is 2. The Morgan fingerprint density at radius 3 is 2.87 bits per heavy atom. The third kappa shape index (κ3) is 4.43. The van der Waals surface area contributed by atoms with Crippen LogP contribution in [0.2, 0.25) is 0 Å². The van der Waals surface area contributed by atoms with Crippen molar-refractivity contribution in [2.24, 2.45) is 10.9 Å². The second-order valence-electron chi connectivity index (χ2n) is 5.97. The van der Waals surface area contributed by atoms with Crippen LogP contribution < -0.4 is 5.49 Å². The molecule has 2 heterocycles. The molecule has 0 aliphatic carbocycles. The molecule has 1 atom stereocenters. The van der Waals surface area contributed by atoms with Crippen LogP contribution in [0.5, 0.6) is 0 Å². The van der Waals surface area contributed by atoms with Crippen molar-refractivity contribution in [1.82, 2.24) is 9.47 Å². The Balaban J connectivity index is 2.19. The predicted molar refractivity (Wildman–Crippen MR) is 87.1 cm³/mol. The highest BCUT2D eigenvalue weighted by Crippen LogP contribution is 2.18. The van der Waals surface area contributed by atoms with Crippen molar-refractivity contribution in [3.05, 3.63) is 29.9 Å². The standard InChI is InChI=1S/C17H25N3O3/c1-4-23-17(22)19-10-7-8-14(12-19)16(21)20-11-6-5-9-15(20)18-13(2)3/h5-6,9,11,13-14H,4,7-8,10,12H2,1-3H3. The van der Waals surface area contributed by atoms with Crippen LogP contribution in [0.15, 0.2) is 29.4 Å². The van der Waals surface area contributed by atoms with Gasteiger partial charge in [-0.15, -0.1) is 0 Å². The van der Waals surface area contributed by atoms with Gasteiger partial charge in [0.1, 0.15) is 5.49 Å². The molecule has 1 unspecified atom stereocenters. The molecule has 1 saturated heterocycles. The molecule has 126 valence electrons. The maximum Gasteiger partial charge on any atom is 0.409 e. The van der Waals surface area contributed by atoms with Gasteiger partial charge in [-0.25, -0.2) is 4.79 Å². The fraction of sp³-hybridized carbons (Fsp3) is 0.588. The Morgan fingerprint density at radius 1 is 1.39 bits per heavy atom. The molecule has 0 aromatic carbocycles. The molecular formula is C17H25N3O3. The zero-order valence-electron chi connectivity index (χ0n) is 14.1. The summed E-state index contributed by atoms with van der Waals surface area (Å²) in [6, 6.07) is 5.64. The van der Waals surface area contributed by atoms with Gasteiger partial charge >= 0.3 is 6.09 Å². The molecule has 0 N–H and O–H groups in total. The van der Waals surface area contributed by atoms with Crippen molar-refractivity contribution >= 4 is 12.0 Å². The fourth-order valence-electron chi connectivity index (χ4n) is 2.75. The Bertz CT molecular complexity index is 622. The molecule has 6 nitrogen and oxygen atoms in total. The van der Waals surface area contributed by atoms with Crippen LogP contribution in [0, 0.1) is 5.92 Å². The van der Waals surface area contributed by atoms with Crippen LogP contribution in [-0.2, 0) is 4.74 Å². The summed E-state index contributed by atoms with van der Waals surface area (Å²) in [6.07, 6.45) is 2.99. The zero-order chi connectivity index (χ0) is 16.8. The molecule has 0 bridgehead atoms. The quantitative estimate of drug-likeness (QED) is 0.859.